The van der Waals surface area contributed by atoms with Crippen molar-refractivity contribution in [1.29, 1.82) is 0 Å². The van der Waals surface area contributed by atoms with Crippen molar-refractivity contribution in [3.63, 3.8) is 0 Å². The van der Waals surface area contributed by atoms with E-state index in [2.05, 4.69) is 51.1 Å². The van der Waals surface area contributed by atoms with Crippen LogP contribution in [0.25, 0.3) is 0 Å². The molecular formula is C19H22BrF3N4O. The van der Waals surface area contributed by atoms with Gasteiger partial charge in [-0.25, -0.2) is 0 Å². The lowest BCUT2D eigenvalue weighted by molar-refractivity contribution is -0.142. The van der Waals surface area contributed by atoms with Crippen LogP contribution in [0, 0.1) is 13.8 Å². The number of amides is 1. The molecule has 152 valence electrons. The summed E-state index contributed by atoms with van der Waals surface area (Å²) in [4.78, 5) is 16.5. The molecule has 0 aliphatic carbocycles. The zero-order valence-electron chi connectivity index (χ0n) is 15.8. The Labute approximate surface area is 170 Å². The van der Waals surface area contributed by atoms with Crippen LogP contribution in [0.2, 0.25) is 0 Å². The predicted molar refractivity (Wildman–Crippen MR) is 103 cm³/mol. The van der Waals surface area contributed by atoms with Crippen molar-refractivity contribution in [3.05, 3.63) is 51.3 Å². The first-order valence-electron chi connectivity index (χ1n) is 9.01. The number of rotatable bonds is 4. The Balaban J connectivity index is 1.57. The lowest BCUT2D eigenvalue weighted by atomic mass is 10.1. The highest BCUT2D eigenvalue weighted by Gasteiger charge is 2.38. The summed E-state index contributed by atoms with van der Waals surface area (Å²) in [6, 6.07) is 8.32. The Morgan fingerprint density at radius 3 is 2.43 bits per heavy atom. The number of hydrogen-bond donors (Lipinski definition) is 0. The molecule has 0 saturated carbocycles. The number of nitrogens with zero attached hydrogens (tertiary/aromatic N) is 4. The maximum atomic E-state index is 13.0. The first-order valence-corrected chi connectivity index (χ1v) is 9.80. The third-order valence-corrected chi connectivity index (χ3v) is 5.85. The van der Waals surface area contributed by atoms with E-state index >= 15 is 0 Å². The Kier molecular flexibility index (Phi) is 6.14. The second-order valence-electron chi connectivity index (χ2n) is 7.05. The summed E-state index contributed by atoms with van der Waals surface area (Å²) >= 11 is 2.93. The molecule has 28 heavy (non-hydrogen) atoms. The van der Waals surface area contributed by atoms with E-state index in [1.807, 2.05) is 6.07 Å². The minimum atomic E-state index is -4.56. The van der Waals surface area contributed by atoms with Gasteiger partial charge in [-0.1, -0.05) is 29.8 Å². The van der Waals surface area contributed by atoms with Crippen molar-refractivity contribution in [3.8, 4) is 0 Å². The van der Waals surface area contributed by atoms with Gasteiger partial charge in [0, 0.05) is 32.7 Å². The van der Waals surface area contributed by atoms with Crippen molar-refractivity contribution < 1.29 is 18.0 Å². The number of alkyl halides is 3. The van der Waals surface area contributed by atoms with Crippen LogP contribution in [-0.2, 0) is 24.1 Å². The van der Waals surface area contributed by atoms with Gasteiger partial charge in [-0.2, -0.15) is 18.3 Å². The fraction of sp³-hybridized carbons (Fsp3) is 0.474. The molecule has 1 fully saturated rings. The fourth-order valence-electron chi connectivity index (χ4n) is 3.31. The number of benzene rings is 1. The van der Waals surface area contributed by atoms with Crippen LogP contribution in [0.1, 0.15) is 22.5 Å². The van der Waals surface area contributed by atoms with Gasteiger partial charge < -0.3 is 4.90 Å². The van der Waals surface area contributed by atoms with Crippen molar-refractivity contribution in [2.45, 2.75) is 33.1 Å². The van der Waals surface area contributed by atoms with E-state index in [0.29, 0.717) is 18.8 Å². The van der Waals surface area contributed by atoms with Gasteiger partial charge in [-0.3, -0.25) is 14.4 Å². The molecule has 1 saturated heterocycles. The summed E-state index contributed by atoms with van der Waals surface area (Å²) in [5, 5.41) is 3.58. The molecule has 0 bridgehead atoms. The molecule has 1 amide bonds. The van der Waals surface area contributed by atoms with Gasteiger partial charge in [0.15, 0.2) is 5.69 Å². The summed E-state index contributed by atoms with van der Waals surface area (Å²) in [6.45, 7) is 6.77. The van der Waals surface area contributed by atoms with E-state index in [1.165, 1.54) is 18.1 Å². The van der Waals surface area contributed by atoms with Crippen LogP contribution < -0.4 is 0 Å². The Hall–Kier alpha value is -1.87. The van der Waals surface area contributed by atoms with Gasteiger partial charge in [-0.05, 0) is 35.3 Å². The summed E-state index contributed by atoms with van der Waals surface area (Å²) in [5.41, 5.74) is 1.74. The number of hydrogen-bond acceptors (Lipinski definition) is 3. The summed E-state index contributed by atoms with van der Waals surface area (Å²) in [5.74, 6) is -0.220. The number of aromatic nitrogens is 2. The highest BCUT2D eigenvalue weighted by molar-refractivity contribution is 9.10. The molecule has 1 aromatic heterocycles. The van der Waals surface area contributed by atoms with Crippen molar-refractivity contribution in [1.82, 2.24) is 19.6 Å². The quantitative estimate of drug-likeness (QED) is 0.702. The maximum absolute atomic E-state index is 13.0. The average Bonchev–Trinajstić information content (AvgIpc) is 2.91. The van der Waals surface area contributed by atoms with Gasteiger partial charge in [0.25, 0.3) is 0 Å². The molecule has 2 heterocycles. The van der Waals surface area contributed by atoms with E-state index in [1.54, 1.807) is 4.90 Å². The third kappa shape index (κ3) is 4.75. The molecule has 0 N–H and O–H groups in total. The van der Waals surface area contributed by atoms with Gasteiger partial charge in [0.1, 0.15) is 6.54 Å². The van der Waals surface area contributed by atoms with Crippen LogP contribution in [0.3, 0.4) is 0 Å². The molecule has 1 aliphatic rings. The van der Waals surface area contributed by atoms with Gasteiger partial charge in [0.2, 0.25) is 5.91 Å². The predicted octanol–water partition coefficient (Wildman–Crippen LogP) is 3.63. The monoisotopic (exact) mass is 458 g/mol. The topological polar surface area (TPSA) is 41.4 Å². The summed E-state index contributed by atoms with van der Waals surface area (Å²) < 4.78 is 39.9. The van der Waals surface area contributed by atoms with E-state index in [4.69, 9.17) is 0 Å². The Bertz CT molecular complexity index is 857. The van der Waals surface area contributed by atoms with Gasteiger partial charge in [-0.15, -0.1) is 0 Å². The summed E-state index contributed by atoms with van der Waals surface area (Å²) in [6.07, 6.45) is -4.56. The number of aryl methyl sites for hydroxylation is 1. The molecule has 2 aromatic rings. The molecule has 5 nitrogen and oxygen atoms in total. The number of carbonyl (C=O) groups excluding carboxylic acids is 1. The van der Waals surface area contributed by atoms with Crippen molar-refractivity contribution in [2.75, 3.05) is 26.2 Å². The normalized spacial score (nSPS) is 15.9. The van der Waals surface area contributed by atoms with E-state index in [-0.39, 0.29) is 16.9 Å². The lowest BCUT2D eigenvalue weighted by Gasteiger charge is -2.34. The zero-order valence-corrected chi connectivity index (χ0v) is 17.3. The number of piperazine rings is 1. The van der Waals surface area contributed by atoms with Crippen LogP contribution in [0.15, 0.2) is 28.7 Å². The van der Waals surface area contributed by atoms with Gasteiger partial charge >= 0.3 is 6.18 Å². The molecule has 0 radical (unpaired) electrons. The second kappa shape index (κ2) is 8.24. The molecule has 0 atom stereocenters. The van der Waals surface area contributed by atoms with Crippen molar-refractivity contribution >= 4 is 21.8 Å². The smallest absolute Gasteiger partial charge is 0.339 e. The average molecular weight is 459 g/mol. The van der Waals surface area contributed by atoms with E-state index in [9.17, 15) is 18.0 Å². The largest absolute Gasteiger partial charge is 0.436 e. The van der Waals surface area contributed by atoms with Crippen LogP contribution in [0.5, 0.6) is 0 Å². The first-order chi connectivity index (χ1) is 13.1. The molecule has 1 aliphatic heterocycles. The minimum Gasteiger partial charge on any atom is -0.339 e. The molecule has 3 rings (SSSR count). The fourth-order valence-corrected chi connectivity index (χ4v) is 3.82. The van der Waals surface area contributed by atoms with E-state index in [0.717, 1.165) is 24.3 Å². The highest BCUT2D eigenvalue weighted by atomic mass is 79.9. The SMILES string of the molecule is Cc1cccc(CN2CCN(C(=O)Cn3nc(C(F)(F)F)c(Br)c3C)CC2)c1. The van der Waals surface area contributed by atoms with Crippen LogP contribution >= 0.6 is 15.9 Å². The first kappa shape index (κ1) is 20.9. The third-order valence-electron chi connectivity index (χ3n) is 4.90. The standard InChI is InChI=1S/C19H22BrF3N4O/c1-13-4-3-5-15(10-13)11-25-6-8-26(9-7-25)16(28)12-27-14(2)17(20)18(24-27)19(21,22)23/h3-5,10H,6-9,11-12H2,1-2H3. The maximum Gasteiger partial charge on any atom is 0.436 e. The zero-order chi connectivity index (χ0) is 20.5. The van der Waals surface area contributed by atoms with Gasteiger partial charge in [0.05, 0.1) is 10.2 Å². The molecule has 0 spiro atoms. The minimum absolute atomic E-state index is 0.115. The molecule has 0 unspecified atom stereocenters. The number of carbonyl (C=O) groups is 1. The molecule has 9 heteroatoms. The van der Waals surface area contributed by atoms with E-state index < -0.39 is 11.9 Å². The van der Waals surface area contributed by atoms with Crippen LogP contribution in [0.4, 0.5) is 13.2 Å². The second-order valence-corrected chi connectivity index (χ2v) is 7.84. The Morgan fingerprint density at radius 1 is 1.18 bits per heavy atom. The van der Waals surface area contributed by atoms with Crippen molar-refractivity contribution in [2.24, 2.45) is 0 Å². The summed E-state index contributed by atoms with van der Waals surface area (Å²) in [7, 11) is 0. The highest BCUT2D eigenvalue weighted by Crippen LogP contribution is 2.35. The lowest BCUT2D eigenvalue weighted by Crippen LogP contribution is -2.49. The molecular weight excluding hydrogens is 437 g/mol. The van der Waals surface area contributed by atoms with Crippen LogP contribution in [-0.4, -0.2) is 51.7 Å². The Morgan fingerprint density at radius 2 is 1.86 bits per heavy atom. The molecule has 1 aromatic carbocycles. The number of halogens is 4.